The molecule has 1 fully saturated rings. The molecule has 0 aromatic heterocycles. The monoisotopic (exact) mass is 288 g/mol. The minimum atomic E-state index is -0.915. The van der Waals surface area contributed by atoms with Crippen LogP contribution < -0.4 is 5.32 Å². The number of aliphatic carboxylic acids is 1. The maximum absolute atomic E-state index is 12.7. The Morgan fingerprint density at radius 1 is 1.24 bits per heavy atom. The van der Waals surface area contributed by atoms with Crippen LogP contribution in [0.5, 0.6) is 0 Å². The molecule has 1 unspecified atom stereocenters. The van der Waals surface area contributed by atoms with Crippen LogP contribution in [0, 0.1) is 5.92 Å². The van der Waals surface area contributed by atoms with Gasteiger partial charge in [0.25, 0.3) is 0 Å². The fraction of sp³-hybridized carbons (Fsp3) is 0.500. The number of piperidine rings is 1. The van der Waals surface area contributed by atoms with E-state index in [0.717, 1.165) is 30.5 Å². The van der Waals surface area contributed by atoms with Crippen molar-refractivity contribution in [1.82, 2.24) is 10.2 Å². The number of hydrogen-bond acceptors (Lipinski definition) is 3. The number of amides is 1. The van der Waals surface area contributed by atoms with Gasteiger partial charge in [-0.05, 0) is 30.5 Å². The lowest BCUT2D eigenvalue weighted by Crippen LogP contribution is -2.52. The third-order valence-corrected chi connectivity index (χ3v) is 4.46. The smallest absolute Gasteiger partial charge is 0.326 e. The highest BCUT2D eigenvalue weighted by Gasteiger charge is 2.37. The van der Waals surface area contributed by atoms with E-state index in [1.807, 2.05) is 24.3 Å². The SMILES string of the molecule is O=C(O)[C@@H]1Cc2ccccc2CN1C(=O)C1CCCNC1. The summed E-state index contributed by atoms with van der Waals surface area (Å²) in [5, 5.41) is 12.7. The molecule has 0 spiro atoms. The van der Waals surface area contributed by atoms with Gasteiger partial charge in [0.05, 0.1) is 5.92 Å². The summed E-state index contributed by atoms with van der Waals surface area (Å²) in [7, 11) is 0. The topological polar surface area (TPSA) is 69.6 Å². The zero-order valence-electron chi connectivity index (χ0n) is 11.9. The largest absolute Gasteiger partial charge is 0.480 e. The first kappa shape index (κ1) is 14.1. The van der Waals surface area contributed by atoms with Gasteiger partial charge >= 0.3 is 5.97 Å². The van der Waals surface area contributed by atoms with Gasteiger partial charge in [-0.25, -0.2) is 4.79 Å². The summed E-state index contributed by atoms with van der Waals surface area (Å²) in [6, 6.07) is 7.04. The van der Waals surface area contributed by atoms with E-state index in [4.69, 9.17) is 0 Å². The van der Waals surface area contributed by atoms with E-state index in [1.165, 1.54) is 0 Å². The van der Waals surface area contributed by atoms with Crippen molar-refractivity contribution in [3.8, 4) is 0 Å². The number of benzene rings is 1. The predicted octanol–water partition coefficient (Wildman–Crippen LogP) is 1.02. The van der Waals surface area contributed by atoms with Crippen LogP contribution in [-0.2, 0) is 22.6 Å². The van der Waals surface area contributed by atoms with Crippen LogP contribution in [0.1, 0.15) is 24.0 Å². The second-order valence-corrected chi connectivity index (χ2v) is 5.84. The summed E-state index contributed by atoms with van der Waals surface area (Å²) >= 11 is 0. The van der Waals surface area contributed by atoms with Crippen molar-refractivity contribution in [1.29, 1.82) is 0 Å². The number of rotatable bonds is 2. The molecule has 0 aliphatic carbocycles. The molecule has 1 aromatic carbocycles. The number of fused-ring (bicyclic) bond motifs is 1. The fourth-order valence-electron chi connectivity index (χ4n) is 3.27. The van der Waals surface area contributed by atoms with Gasteiger partial charge in [0.15, 0.2) is 0 Å². The van der Waals surface area contributed by atoms with Crippen LogP contribution in [0.25, 0.3) is 0 Å². The lowest BCUT2D eigenvalue weighted by molar-refractivity contribution is -0.153. The molecule has 5 heteroatoms. The number of nitrogens with one attached hydrogen (secondary N) is 1. The number of carbonyl (C=O) groups excluding carboxylic acids is 1. The summed E-state index contributed by atoms with van der Waals surface area (Å²) in [6.45, 7) is 2.00. The quantitative estimate of drug-likeness (QED) is 0.852. The standard InChI is InChI=1S/C16H20N2O3/c19-15(12-6-3-7-17-9-12)18-10-13-5-2-1-4-11(13)8-14(18)16(20)21/h1-2,4-5,12,14,17H,3,6-10H2,(H,20,21)/t12?,14-/m0/s1. The average Bonchev–Trinajstić information content (AvgIpc) is 2.53. The highest BCUT2D eigenvalue weighted by Crippen LogP contribution is 2.26. The number of nitrogens with zero attached hydrogens (tertiary/aromatic N) is 1. The fourth-order valence-corrected chi connectivity index (χ4v) is 3.27. The number of carboxylic acids is 1. The van der Waals surface area contributed by atoms with E-state index in [1.54, 1.807) is 4.90 Å². The van der Waals surface area contributed by atoms with Gasteiger partial charge in [-0.3, -0.25) is 4.79 Å². The van der Waals surface area contributed by atoms with Crippen LogP contribution in [0.4, 0.5) is 0 Å². The molecule has 2 heterocycles. The first-order valence-electron chi connectivity index (χ1n) is 7.47. The van der Waals surface area contributed by atoms with Crippen molar-refractivity contribution < 1.29 is 14.7 Å². The van der Waals surface area contributed by atoms with Crippen molar-refractivity contribution in [2.45, 2.75) is 31.8 Å². The number of hydrogen-bond donors (Lipinski definition) is 2. The van der Waals surface area contributed by atoms with Gasteiger partial charge < -0.3 is 15.3 Å². The van der Waals surface area contributed by atoms with Crippen LogP contribution >= 0.6 is 0 Å². The van der Waals surface area contributed by atoms with E-state index >= 15 is 0 Å². The van der Waals surface area contributed by atoms with Crippen molar-refractivity contribution >= 4 is 11.9 Å². The Balaban J connectivity index is 1.85. The molecule has 1 amide bonds. The first-order chi connectivity index (χ1) is 10.2. The second-order valence-electron chi connectivity index (χ2n) is 5.84. The molecule has 2 atom stereocenters. The molecule has 1 aromatic rings. The lowest BCUT2D eigenvalue weighted by Gasteiger charge is -2.37. The zero-order chi connectivity index (χ0) is 14.8. The summed E-state index contributed by atoms with van der Waals surface area (Å²) in [5.41, 5.74) is 2.10. The van der Waals surface area contributed by atoms with E-state index in [9.17, 15) is 14.7 Å². The van der Waals surface area contributed by atoms with E-state index in [-0.39, 0.29) is 11.8 Å². The Bertz CT molecular complexity index is 552. The van der Waals surface area contributed by atoms with Gasteiger partial charge in [0, 0.05) is 19.5 Å². The van der Waals surface area contributed by atoms with Crippen molar-refractivity contribution in [2.24, 2.45) is 5.92 Å². The number of carbonyl (C=O) groups is 2. The minimum Gasteiger partial charge on any atom is -0.480 e. The molecule has 21 heavy (non-hydrogen) atoms. The molecule has 0 saturated carbocycles. The molecule has 5 nitrogen and oxygen atoms in total. The Kier molecular flexibility index (Phi) is 3.92. The molecule has 112 valence electrons. The maximum atomic E-state index is 12.7. The Hall–Kier alpha value is -1.88. The van der Waals surface area contributed by atoms with E-state index < -0.39 is 12.0 Å². The van der Waals surface area contributed by atoms with Crippen molar-refractivity contribution in [2.75, 3.05) is 13.1 Å². The van der Waals surface area contributed by atoms with Gasteiger partial charge in [-0.15, -0.1) is 0 Å². The first-order valence-corrected chi connectivity index (χ1v) is 7.47. The Morgan fingerprint density at radius 3 is 2.67 bits per heavy atom. The third kappa shape index (κ3) is 2.78. The van der Waals surface area contributed by atoms with E-state index in [2.05, 4.69) is 5.32 Å². The van der Waals surface area contributed by atoms with Gasteiger partial charge in [-0.1, -0.05) is 24.3 Å². The summed E-state index contributed by atoms with van der Waals surface area (Å²) in [4.78, 5) is 25.8. The van der Waals surface area contributed by atoms with Crippen molar-refractivity contribution in [3.05, 3.63) is 35.4 Å². The lowest BCUT2D eigenvalue weighted by atomic mass is 9.91. The zero-order valence-corrected chi connectivity index (χ0v) is 11.9. The molecule has 0 bridgehead atoms. The highest BCUT2D eigenvalue weighted by atomic mass is 16.4. The third-order valence-electron chi connectivity index (χ3n) is 4.46. The van der Waals surface area contributed by atoms with Gasteiger partial charge in [0.2, 0.25) is 5.91 Å². The molecule has 2 N–H and O–H groups in total. The highest BCUT2D eigenvalue weighted by molar-refractivity contribution is 5.86. The molecular weight excluding hydrogens is 268 g/mol. The predicted molar refractivity (Wildman–Crippen MR) is 77.7 cm³/mol. The summed E-state index contributed by atoms with van der Waals surface area (Å²) in [5.74, 6) is -1.03. The molecule has 3 rings (SSSR count). The Labute approximate surface area is 123 Å². The van der Waals surface area contributed by atoms with Crippen LogP contribution in [0.15, 0.2) is 24.3 Å². The van der Waals surface area contributed by atoms with Gasteiger partial charge in [0.1, 0.15) is 6.04 Å². The average molecular weight is 288 g/mol. The van der Waals surface area contributed by atoms with Gasteiger partial charge in [-0.2, -0.15) is 0 Å². The second kappa shape index (κ2) is 5.85. The molecule has 0 radical (unpaired) electrons. The van der Waals surface area contributed by atoms with E-state index in [0.29, 0.717) is 19.5 Å². The summed E-state index contributed by atoms with van der Waals surface area (Å²) < 4.78 is 0. The normalized spacial score (nSPS) is 25.2. The molecule has 2 aliphatic rings. The maximum Gasteiger partial charge on any atom is 0.326 e. The van der Waals surface area contributed by atoms with Crippen LogP contribution in [-0.4, -0.2) is 41.0 Å². The number of carboxylic acid groups (broad SMARTS) is 1. The molecule has 2 aliphatic heterocycles. The summed E-state index contributed by atoms with van der Waals surface area (Å²) in [6.07, 6.45) is 2.21. The van der Waals surface area contributed by atoms with Crippen LogP contribution in [0.3, 0.4) is 0 Å². The Morgan fingerprint density at radius 2 is 2.00 bits per heavy atom. The van der Waals surface area contributed by atoms with Crippen LogP contribution in [0.2, 0.25) is 0 Å². The van der Waals surface area contributed by atoms with Crippen molar-refractivity contribution in [3.63, 3.8) is 0 Å². The minimum absolute atomic E-state index is 0.0240. The molecular formula is C16H20N2O3. The molecule has 1 saturated heterocycles.